The molecule has 1 aromatic rings. The molecule has 3 N–H and O–H groups in total. The maximum absolute atomic E-state index is 13.3. The molecule has 1 aliphatic rings. The molecule has 5 amide bonds. The van der Waals surface area contributed by atoms with E-state index >= 15 is 0 Å². The van der Waals surface area contributed by atoms with E-state index in [1.165, 1.54) is 6.92 Å². The zero-order valence-corrected chi connectivity index (χ0v) is 55.3. The summed E-state index contributed by atoms with van der Waals surface area (Å²) in [5.41, 5.74) is 1.44. The topological polar surface area (TPSA) is 293 Å². The van der Waals surface area contributed by atoms with Crippen LogP contribution in [0.4, 0.5) is 5.69 Å². The zero-order valence-electron chi connectivity index (χ0n) is 54.5. The second-order valence-electron chi connectivity index (χ2n) is 21.2. The number of benzene rings is 1. The summed E-state index contributed by atoms with van der Waals surface area (Å²) < 4.78 is 88.5. The first-order valence-corrected chi connectivity index (χ1v) is 32.4. The van der Waals surface area contributed by atoms with Gasteiger partial charge in [0.25, 0.3) is 11.8 Å². The lowest BCUT2D eigenvalue weighted by atomic mass is 9.97. The largest absolute Gasteiger partial charge is 0.460 e. The van der Waals surface area contributed by atoms with E-state index in [9.17, 15) is 28.8 Å². The Morgan fingerprint density at radius 3 is 1.31 bits per heavy atom. The SMILES string of the molecule is COCCOCCOCCOCCOCCOCCOCCOCCCN(CCCOCCOCCSCCOCCOCCOCCOCCOC)CCCc1cc(NC(=O)C(C)NC(=O)CNC(=O)CN2C(=O)C=CC2=O)ccc1COC(=O)C(C)(C)C. The molecule has 0 spiro atoms. The number of methoxy groups -OCH3 is 2. The molecule has 90 heavy (non-hydrogen) atoms. The first kappa shape index (κ1) is 81.8. The second-order valence-corrected chi connectivity index (χ2v) is 22.4. The van der Waals surface area contributed by atoms with Crippen molar-refractivity contribution in [3.8, 4) is 0 Å². The average Bonchev–Trinajstić information content (AvgIpc) is 2.45. The Hall–Kier alpha value is -4.31. The van der Waals surface area contributed by atoms with Crippen LogP contribution in [0.25, 0.3) is 0 Å². The van der Waals surface area contributed by atoms with Crippen molar-refractivity contribution < 1.29 is 105 Å². The van der Waals surface area contributed by atoms with E-state index in [1.807, 2.05) is 12.1 Å². The van der Waals surface area contributed by atoms with Crippen LogP contribution in [-0.2, 0) is 118 Å². The van der Waals surface area contributed by atoms with E-state index in [2.05, 4.69) is 20.9 Å². The van der Waals surface area contributed by atoms with E-state index in [1.54, 1.807) is 52.8 Å². The highest BCUT2D eigenvalue weighted by molar-refractivity contribution is 7.99. The van der Waals surface area contributed by atoms with E-state index in [0.29, 0.717) is 197 Å². The first-order chi connectivity index (χ1) is 43.7. The summed E-state index contributed by atoms with van der Waals surface area (Å²) in [5, 5.41) is 7.77. The van der Waals surface area contributed by atoms with Crippen LogP contribution in [-0.4, -0.2) is 295 Å². The molecular weight excluding hydrogens is 1200 g/mol. The molecule has 1 heterocycles. The van der Waals surface area contributed by atoms with Gasteiger partial charge >= 0.3 is 5.97 Å². The molecule has 27 nitrogen and oxygen atoms in total. The minimum atomic E-state index is -0.995. The van der Waals surface area contributed by atoms with Crippen LogP contribution in [0.1, 0.15) is 58.1 Å². The van der Waals surface area contributed by atoms with Crippen molar-refractivity contribution in [2.24, 2.45) is 5.41 Å². The van der Waals surface area contributed by atoms with Gasteiger partial charge in [-0.1, -0.05) is 6.07 Å². The summed E-state index contributed by atoms with van der Waals surface area (Å²) in [6.07, 6.45) is 5.05. The van der Waals surface area contributed by atoms with Crippen LogP contribution in [0.15, 0.2) is 30.4 Å². The van der Waals surface area contributed by atoms with Gasteiger partial charge in [0.15, 0.2) is 0 Å². The number of hydrogen-bond acceptors (Lipinski definition) is 24. The Kier molecular flexibility index (Phi) is 51.1. The highest BCUT2D eigenvalue weighted by Crippen LogP contribution is 2.22. The molecule has 518 valence electrons. The van der Waals surface area contributed by atoms with Gasteiger partial charge < -0.3 is 96.6 Å². The molecule has 1 aromatic carbocycles. The number of hydrogen-bond donors (Lipinski definition) is 3. The zero-order chi connectivity index (χ0) is 65.4. The Labute approximate surface area is 537 Å². The van der Waals surface area contributed by atoms with Crippen molar-refractivity contribution in [1.29, 1.82) is 0 Å². The van der Waals surface area contributed by atoms with Gasteiger partial charge in [-0.05, 0) is 83.2 Å². The number of carbonyl (C=O) groups is 6. The minimum Gasteiger partial charge on any atom is -0.460 e. The van der Waals surface area contributed by atoms with E-state index in [0.717, 1.165) is 78.6 Å². The van der Waals surface area contributed by atoms with E-state index in [-0.39, 0.29) is 12.6 Å². The van der Waals surface area contributed by atoms with Gasteiger partial charge in [0.1, 0.15) is 19.2 Å². The summed E-state index contributed by atoms with van der Waals surface area (Å²) in [6.45, 7) is 22.6. The number of carbonyl (C=O) groups excluding carboxylic acids is 6. The summed E-state index contributed by atoms with van der Waals surface area (Å²) in [5.74, 6) is -1.74. The fourth-order valence-electron chi connectivity index (χ4n) is 7.75. The molecule has 0 saturated carbocycles. The highest BCUT2D eigenvalue weighted by Gasteiger charge is 2.27. The minimum absolute atomic E-state index is 0.0425. The molecule has 0 saturated heterocycles. The Morgan fingerprint density at radius 1 is 0.511 bits per heavy atom. The summed E-state index contributed by atoms with van der Waals surface area (Å²) in [6, 6.07) is 4.38. The summed E-state index contributed by atoms with van der Waals surface area (Å²) >= 11 is 1.77. The average molecular weight is 1310 g/mol. The number of rotatable bonds is 63. The lowest BCUT2D eigenvalue weighted by Crippen LogP contribution is -2.47. The Morgan fingerprint density at radius 2 is 0.900 bits per heavy atom. The predicted octanol–water partition coefficient (Wildman–Crippen LogP) is 2.52. The Bertz CT molecular complexity index is 1990. The van der Waals surface area contributed by atoms with Crippen LogP contribution >= 0.6 is 11.8 Å². The molecule has 28 heteroatoms. The van der Waals surface area contributed by atoms with Crippen molar-refractivity contribution in [2.45, 2.75) is 66.0 Å². The number of aryl methyl sites for hydroxylation is 1. The first-order valence-electron chi connectivity index (χ1n) is 31.2. The second kappa shape index (κ2) is 56.3. The van der Waals surface area contributed by atoms with Gasteiger partial charge in [-0.15, -0.1) is 0 Å². The lowest BCUT2D eigenvalue weighted by Gasteiger charge is -2.23. The fraction of sp³-hybridized carbons (Fsp3) is 0.774. The predicted molar refractivity (Wildman–Crippen MR) is 337 cm³/mol. The maximum Gasteiger partial charge on any atom is 0.311 e. The van der Waals surface area contributed by atoms with Crippen molar-refractivity contribution >= 4 is 53.0 Å². The number of ether oxygens (including phenoxy) is 16. The van der Waals surface area contributed by atoms with Crippen molar-refractivity contribution in [3.05, 3.63) is 41.5 Å². The van der Waals surface area contributed by atoms with Crippen LogP contribution in [0.5, 0.6) is 0 Å². The van der Waals surface area contributed by atoms with Gasteiger partial charge in [-0.25, -0.2) is 0 Å². The van der Waals surface area contributed by atoms with Gasteiger partial charge in [0.05, 0.1) is 184 Å². The molecule has 1 unspecified atom stereocenters. The number of imide groups is 1. The molecule has 0 aromatic heterocycles. The number of amides is 5. The molecule has 2 rings (SSSR count). The number of esters is 1. The molecule has 0 bridgehead atoms. The van der Waals surface area contributed by atoms with Gasteiger partial charge in [0, 0.05) is 69.9 Å². The van der Waals surface area contributed by atoms with Gasteiger partial charge in [-0.3, -0.25) is 33.7 Å². The maximum atomic E-state index is 13.3. The number of nitrogens with one attached hydrogen (secondary N) is 3. The third kappa shape index (κ3) is 45.9. The lowest BCUT2D eigenvalue weighted by molar-refractivity contribution is -0.154. The fourth-order valence-corrected chi connectivity index (χ4v) is 8.42. The monoisotopic (exact) mass is 1310 g/mol. The van der Waals surface area contributed by atoms with Crippen LogP contribution in [0.3, 0.4) is 0 Å². The molecular formula is C62H107N5O22S. The quantitative estimate of drug-likeness (QED) is 0.0480. The van der Waals surface area contributed by atoms with Crippen molar-refractivity contribution in [1.82, 2.24) is 20.4 Å². The molecule has 0 radical (unpaired) electrons. The number of nitrogens with zero attached hydrogens (tertiary/aromatic N) is 2. The molecule has 0 fully saturated rings. The normalized spacial score (nSPS) is 12.8. The molecule has 1 atom stereocenters. The van der Waals surface area contributed by atoms with Crippen LogP contribution in [0.2, 0.25) is 0 Å². The van der Waals surface area contributed by atoms with E-state index in [4.69, 9.17) is 75.8 Å². The van der Waals surface area contributed by atoms with Gasteiger partial charge in [-0.2, -0.15) is 11.8 Å². The third-order valence-corrected chi connectivity index (χ3v) is 13.5. The van der Waals surface area contributed by atoms with E-state index < -0.39 is 54.1 Å². The Balaban J connectivity index is 1.80. The molecule has 0 aliphatic carbocycles. The third-order valence-electron chi connectivity index (χ3n) is 12.6. The standard InChI is InChI=1S/C62H107N5O22S/c1-52(64-56(68)49-63-57(69)50-67-58(70)13-14-59(67)71)60(72)65-55-12-11-54(51-89-61(73)62(2,3)4)53(48-55)10-7-15-66(16-8-18-76-24-26-80-31-32-83-35-36-85-38-37-84-34-33-81-29-27-78-22-20-74-5)17-9-19-77-25-42-87-44-46-90-47-45-88-43-41-86-40-39-82-30-28-79-23-21-75-6/h11-14,48,52H,7-10,15-47,49-51H2,1-6H3,(H,63,69)(H,64,68)(H,65,72). The summed E-state index contributed by atoms with van der Waals surface area (Å²) in [4.78, 5) is 77.9. The van der Waals surface area contributed by atoms with Crippen LogP contribution in [0, 0.1) is 5.41 Å². The smallest absolute Gasteiger partial charge is 0.311 e. The van der Waals surface area contributed by atoms with Crippen molar-refractivity contribution in [3.63, 3.8) is 0 Å². The summed E-state index contributed by atoms with van der Waals surface area (Å²) in [7, 11) is 3.27. The van der Waals surface area contributed by atoms with Crippen molar-refractivity contribution in [2.75, 3.05) is 249 Å². The number of anilines is 1. The number of thioether (sulfide) groups is 1. The highest BCUT2D eigenvalue weighted by atomic mass is 32.2. The molecule has 1 aliphatic heterocycles. The van der Waals surface area contributed by atoms with Crippen LogP contribution < -0.4 is 16.0 Å². The van der Waals surface area contributed by atoms with Gasteiger partial charge in [0.2, 0.25) is 17.7 Å².